The number of aliphatic hydroxyl groups is 1. The minimum absolute atomic E-state index is 0.0466. The number of nitrogens with zero attached hydrogens (tertiary/aromatic N) is 2. The first-order valence-corrected chi connectivity index (χ1v) is 12.7. The maximum absolute atomic E-state index is 13.9. The summed E-state index contributed by atoms with van der Waals surface area (Å²) in [6.07, 6.45) is 7.39. The molecule has 0 saturated carbocycles. The number of hydrogen-bond donors (Lipinski definition) is 1. The van der Waals surface area contributed by atoms with Crippen LogP contribution >= 0.6 is 0 Å². The Bertz CT molecular complexity index is 1170. The van der Waals surface area contributed by atoms with E-state index in [-0.39, 0.29) is 24.0 Å². The molecule has 2 aromatic carbocycles. The van der Waals surface area contributed by atoms with Gasteiger partial charge in [0.05, 0.1) is 12.6 Å². The summed E-state index contributed by atoms with van der Waals surface area (Å²) in [6.45, 7) is 4.68. The van der Waals surface area contributed by atoms with Crippen molar-refractivity contribution >= 4 is 10.9 Å². The molecule has 4 rings (SSSR count). The van der Waals surface area contributed by atoms with E-state index in [1.165, 1.54) is 5.56 Å². The van der Waals surface area contributed by atoms with Crippen LogP contribution in [0.15, 0.2) is 36.5 Å². The summed E-state index contributed by atoms with van der Waals surface area (Å²) < 4.78 is 46.3. The number of likely N-dealkylation sites (tertiary alicyclic amines) is 1. The number of pyridine rings is 1. The van der Waals surface area contributed by atoms with E-state index in [0.29, 0.717) is 6.42 Å². The van der Waals surface area contributed by atoms with Gasteiger partial charge in [-0.1, -0.05) is 0 Å². The van der Waals surface area contributed by atoms with Crippen molar-refractivity contribution in [2.45, 2.75) is 51.9 Å². The molecule has 0 spiro atoms. The summed E-state index contributed by atoms with van der Waals surface area (Å²) in [5.41, 5.74) is 3.26. The first-order chi connectivity index (χ1) is 17.3. The highest BCUT2D eigenvalue weighted by molar-refractivity contribution is 5.84. The molecule has 1 saturated heterocycles. The molecular weight excluding hydrogens is 465 g/mol. The SMILES string of the molecule is COc1ccc2ncc(C)c(CCCC3(CO)CCN(CCCc4c(F)cc(F)cc4F)CC3)c2c1. The summed E-state index contributed by atoms with van der Waals surface area (Å²) in [7, 11) is 1.67. The average molecular weight is 501 g/mol. The highest BCUT2D eigenvalue weighted by Crippen LogP contribution is 2.37. The molecule has 4 nitrogen and oxygen atoms in total. The van der Waals surface area contributed by atoms with Crippen LogP contribution in [0, 0.1) is 29.8 Å². The predicted octanol–water partition coefficient (Wildman–Crippen LogP) is 6.00. The zero-order valence-corrected chi connectivity index (χ0v) is 21.1. The third-order valence-corrected chi connectivity index (χ3v) is 7.80. The van der Waals surface area contributed by atoms with Crippen molar-refractivity contribution in [1.82, 2.24) is 9.88 Å². The lowest BCUT2D eigenvalue weighted by molar-refractivity contribution is 0.0353. The van der Waals surface area contributed by atoms with Gasteiger partial charge in [-0.05, 0) is 106 Å². The van der Waals surface area contributed by atoms with Crippen molar-refractivity contribution in [1.29, 1.82) is 0 Å². The lowest BCUT2D eigenvalue weighted by atomic mass is 9.75. The van der Waals surface area contributed by atoms with Gasteiger partial charge in [-0.3, -0.25) is 4.98 Å². The fourth-order valence-corrected chi connectivity index (χ4v) is 5.45. The average Bonchev–Trinajstić information content (AvgIpc) is 2.87. The van der Waals surface area contributed by atoms with E-state index in [2.05, 4.69) is 22.9 Å². The Morgan fingerprint density at radius 1 is 1.00 bits per heavy atom. The van der Waals surface area contributed by atoms with Crippen LogP contribution in [0.25, 0.3) is 10.9 Å². The van der Waals surface area contributed by atoms with E-state index in [1.807, 2.05) is 18.3 Å². The monoisotopic (exact) mass is 500 g/mol. The molecule has 1 N–H and O–H groups in total. The zero-order valence-electron chi connectivity index (χ0n) is 21.1. The summed E-state index contributed by atoms with van der Waals surface area (Å²) in [5, 5.41) is 11.4. The Morgan fingerprint density at radius 2 is 1.69 bits per heavy atom. The second-order valence-electron chi connectivity index (χ2n) is 10.1. The Balaban J connectivity index is 1.30. The van der Waals surface area contributed by atoms with Gasteiger partial charge in [0, 0.05) is 35.9 Å². The first kappa shape index (κ1) is 26.4. The van der Waals surface area contributed by atoms with Crippen molar-refractivity contribution in [3.63, 3.8) is 0 Å². The van der Waals surface area contributed by atoms with E-state index >= 15 is 0 Å². The van der Waals surface area contributed by atoms with Crippen molar-refractivity contribution in [2.24, 2.45) is 5.41 Å². The van der Waals surface area contributed by atoms with Crippen LogP contribution in [-0.2, 0) is 12.8 Å². The molecule has 3 aromatic rings. The van der Waals surface area contributed by atoms with Gasteiger partial charge in [-0.25, -0.2) is 13.2 Å². The van der Waals surface area contributed by atoms with E-state index in [0.717, 1.165) is 86.1 Å². The summed E-state index contributed by atoms with van der Waals surface area (Å²) >= 11 is 0. The normalized spacial score (nSPS) is 15.9. The fourth-order valence-electron chi connectivity index (χ4n) is 5.45. The molecule has 0 amide bonds. The van der Waals surface area contributed by atoms with Gasteiger partial charge >= 0.3 is 0 Å². The lowest BCUT2D eigenvalue weighted by Gasteiger charge is -2.41. The Hall–Kier alpha value is -2.64. The minimum atomic E-state index is -0.892. The van der Waals surface area contributed by atoms with Crippen LogP contribution in [0.4, 0.5) is 13.2 Å². The largest absolute Gasteiger partial charge is 0.497 e. The molecule has 0 radical (unpaired) electrons. The molecule has 1 aliphatic rings. The molecule has 194 valence electrons. The Labute approximate surface area is 211 Å². The predicted molar refractivity (Wildman–Crippen MR) is 136 cm³/mol. The highest BCUT2D eigenvalue weighted by Gasteiger charge is 2.33. The molecule has 7 heteroatoms. The van der Waals surface area contributed by atoms with E-state index in [1.54, 1.807) is 7.11 Å². The number of aromatic nitrogens is 1. The number of aryl methyl sites for hydroxylation is 2. The maximum atomic E-state index is 13.9. The summed E-state index contributed by atoms with van der Waals surface area (Å²) in [6, 6.07) is 7.44. The van der Waals surface area contributed by atoms with Crippen LogP contribution in [0.5, 0.6) is 5.75 Å². The fraction of sp³-hybridized carbons (Fsp3) is 0.483. The van der Waals surface area contributed by atoms with E-state index in [9.17, 15) is 18.3 Å². The number of methoxy groups -OCH3 is 1. The van der Waals surface area contributed by atoms with E-state index in [4.69, 9.17) is 4.74 Å². The number of fused-ring (bicyclic) bond motifs is 1. The maximum Gasteiger partial charge on any atom is 0.132 e. The number of piperidine rings is 1. The summed E-state index contributed by atoms with van der Waals surface area (Å²) in [5.74, 6) is -1.71. The van der Waals surface area contributed by atoms with Gasteiger partial charge in [-0.2, -0.15) is 0 Å². The van der Waals surface area contributed by atoms with Crippen molar-refractivity contribution in [3.05, 3.63) is 70.7 Å². The molecular formula is C29H35F3N2O2. The third-order valence-electron chi connectivity index (χ3n) is 7.80. The number of aliphatic hydroxyl groups excluding tert-OH is 1. The molecule has 1 fully saturated rings. The molecule has 0 atom stereocenters. The number of rotatable bonds is 10. The standard InChI is InChI=1S/C29H35F3N2O2/c1-20-18-33-28-8-7-22(36-2)17-25(28)23(20)5-3-9-29(19-35)10-13-34(14-11-29)12-4-6-24-26(31)15-21(30)16-27(24)32/h7-8,15-18,35H,3-6,9-14,19H2,1-2H3. The topological polar surface area (TPSA) is 45.6 Å². The van der Waals surface area contributed by atoms with Crippen LogP contribution < -0.4 is 4.74 Å². The molecule has 0 bridgehead atoms. The second kappa shape index (κ2) is 11.6. The molecule has 0 aliphatic carbocycles. The van der Waals surface area contributed by atoms with Crippen molar-refractivity contribution in [3.8, 4) is 5.75 Å². The Morgan fingerprint density at radius 3 is 2.36 bits per heavy atom. The van der Waals surface area contributed by atoms with Crippen molar-refractivity contribution < 1.29 is 23.0 Å². The molecule has 0 unspecified atom stereocenters. The number of hydrogen-bond acceptors (Lipinski definition) is 4. The van der Waals surface area contributed by atoms with Gasteiger partial charge in [-0.15, -0.1) is 0 Å². The van der Waals surface area contributed by atoms with Crippen LogP contribution in [0.1, 0.15) is 48.8 Å². The Kier molecular flexibility index (Phi) is 8.52. The van der Waals surface area contributed by atoms with Crippen LogP contribution in [0.2, 0.25) is 0 Å². The lowest BCUT2D eigenvalue weighted by Crippen LogP contribution is -2.42. The second-order valence-corrected chi connectivity index (χ2v) is 10.1. The van der Waals surface area contributed by atoms with Gasteiger partial charge in [0.15, 0.2) is 0 Å². The molecule has 1 aromatic heterocycles. The molecule has 2 heterocycles. The quantitative estimate of drug-likeness (QED) is 0.371. The molecule has 36 heavy (non-hydrogen) atoms. The zero-order chi connectivity index (χ0) is 25.7. The highest BCUT2D eigenvalue weighted by atomic mass is 19.1. The number of benzene rings is 2. The van der Waals surface area contributed by atoms with Crippen LogP contribution in [0.3, 0.4) is 0 Å². The van der Waals surface area contributed by atoms with Gasteiger partial charge in [0.25, 0.3) is 0 Å². The van der Waals surface area contributed by atoms with Gasteiger partial charge in [0.1, 0.15) is 23.2 Å². The minimum Gasteiger partial charge on any atom is -0.497 e. The third kappa shape index (κ3) is 6.01. The van der Waals surface area contributed by atoms with Gasteiger partial charge in [0.2, 0.25) is 0 Å². The summed E-state index contributed by atoms with van der Waals surface area (Å²) in [4.78, 5) is 6.84. The smallest absolute Gasteiger partial charge is 0.132 e. The first-order valence-electron chi connectivity index (χ1n) is 12.7. The molecule has 1 aliphatic heterocycles. The van der Waals surface area contributed by atoms with Crippen LogP contribution in [-0.4, -0.2) is 48.3 Å². The van der Waals surface area contributed by atoms with Gasteiger partial charge < -0.3 is 14.7 Å². The van der Waals surface area contributed by atoms with Crippen molar-refractivity contribution in [2.75, 3.05) is 33.4 Å². The number of halogens is 3. The van der Waals surface area contributed by atoms with E-state index < -0.39 is 17.5 Å². The number of ether oxygens (including phenoxy) is 1.